The first kappa shape index (κ1) is 21.3. The lowest BCUT2D eigenvalue weighted by Gasteiger charge is -2.30. The fourth-order valence-corrected chi connectivity index (χ4v) is 3.72. The molecule has 1 aromatic rings. The van der Waals surface area contributed by atoms with Crippen LogP contribution < -0.4 is 5.32 Å². The molecule has 1 aliphatic rings. The number of amides is 1. The normalized spacial score (nSPS) is 21.5. The maximum absolute atomic E-state index is 12.5. The highest BCUT2D eigenvalue weighted by atomic mass is 32.2. The summed E-state index contributed by atoms with van der Waals surface area (Å²) in [7, 11) is -4.73. The fraction of sp³-hybridized carbons (Fsp3) is 0.556. The molecular formula is C18H23F2NO5S. The van der Waals surface area contributed by atoms with E-state index < -0.39 is 38.5 Å². The smallest absolute Gasteiger partial charge is 0.341 e. The summed E-state index contributed by atoms with van der Waals surface area (Å²) in [6.45, 7) is 3.51. The molecule has 0 heterocycles. The molecule has 9 heteroatoms. The minimum absolute atomic E-state index is 0.0334. The van der Waals surface area contributed by atoms with Gasteiger partial charge in [0.05, 0.1) is 10.5 Å². The van der Waals surface area contributed by atoms with Gasteiger partial charge in [0.2, 0.25) is 9.84 Å². The van der Waals surface area contributed by atoms with Crippen molar-refractivity contribution in [3.63, 3.8) is 0 Å². The zero-order valence-corrected chi connectivity index (χ0v) is 16.0. The van der Waals surface area contributed by atoms with Crippen LogP contribution in [0.5, 0.6) is 0 Å². The van der Waals surface area contributed by atoms with Crippen LogP contribution in [0.4, 0.5) is 8.78 Å². The number of nitrogens with one attached hydrogen (secondary N) is 1. The summed E-state index contributed by atoms with van der Waals surface area (Å²) in [4.78, 5) is 23.8. The van der Waals surface area contributed by atoms with Gasteiger partial charge in [-0.2, -0.15) is 8.78 Å². The average molecular weight is 403 g/mol. The molecule has 27 heavy (non-hydrogen) atoms. The first-order valence-electron chi connectivity index (χ1n) is 8.76. The van der Waals surface area contributed by atoms with E-state index in [1.54, 1.807) is 0 Å². The molecule has 1 N–H and O–H groups in total. The fourth-order valence-electron chi connectivity index (χ4n) is 3.00. The first-order chi connectivity index (χ1) is 12.6. The van der Waals surface area contributed by atoms with E-state index in [1.165, 1.54) is 6.92 Å². The quantitative estimate of drug-likeness (QED) is 0.738. The Morgan fingerprint density at radius 2 is 1.74 bits per heavy atom. The second-order valence-corrected chi connectivity index (χ2v) is 8.67. The number of carbonyl (C=O) groups is 2. The Balaban J connectivity index is 1.96. The molecule has 0 aromatic heterocycles. The average Bonchev–Trinajstić information content (AvgIpc) is 2.63. The monoisotopic (exact) mass is 403 g/mol. The van der Waals surface area contributed by atoms with E-state index in [0.29, 0.717) is 5.92 Å². The topological polar surface area (TPSA) is 89.5 Å². The molecule has 0 bridgehead atoms. The minimum atomic E-state index is -4.73. The van der Waals surface area contributed by atoms with Gasteiger partial charge in [0.25, 0.3) is 5.91 Å². The van der Waals surface area contributed by atoms with E-state index in [4.69, 9.17) is 4.74 Å². The zero-order chi connectivity index (χ0) is 20.2. The van der Waals surface area contributed by atoms with E-state index >= 15 is 0 Å². The Labute approximate surface area is 157 Å². The number of alkyl halides is 2. The van der Waals surface area contributed by atoms with Crippen LogP contribution in [0.15, 0.2) is 29.2 Å². The highest BCUT2D eigenvalue weighted by molar-refractivity contribution is 7.91. The summed E-state index contributed by atoms with van der Waals surface area (Å²) < 4.78 is 52.9. The second kappa shape index (κ2) is 8.77. The third-order valence-electron chi connectivity index (χ3n) is 4.75. The zero-order valence-electron chi connectivity index (χ0n) is 15.2. The minimum Gasteiger partial charge on any atom is -0.449 e. The van der Waals surface area contributed by atoms with Crippen molar-refractivity contribution in [3.8, 4) is 0 Å². The number of hydrogen-bond donors (Lipinski definition) is 1. The summed E-state index contributed by atoms with van der Waals surface area (Å²) >= 11 is 0. The van der Waals surface area contributed by atoms with Crippen LogP contribution in [-0.4, -0.2) is 38.2 Å². The highest BCUT2D eigenvalue weighted by Gasteiger charge is 2.28. The second-order valence-electron chi connectivity index (χ2n) is 6.75. The summed E-state index contributed by atoms with van der Waals surface area (Å²) in [5.41, 5.74) is -0.0334. The van der Waals surface area contributed by atoms with Gasteiger partial charge < -0.3 is 10.1 Å². The molecule has 0 aliphatic heterocycles. The van der Waals surface area contributed by atoms with Crippen molar-refractivity contribution >= 4 is 21.7 Å². The van der Waals surface area contributed by atoms with Gasteiger partial charge in [-0.3, -0.25) is 4.79 Å². The van der Waals surface area contributed by atoms with E-state index in [-0.39, 0.29) is 11.6 Å². The largest absolute Gasteiger partial charge is 0.449 e. The number of rotatable bonds is 6. The van der Waals surface area contributed by atoms with Crippen molar-refractivity contribution in [2.45, 2.75) is 62.3 Å². The number of carbonyl (C=O) groups excluding carboxylic acids is 2. The van der Waals surface area contributed by atoms with Gasteiger partial charge in [-0.05, 0) is 49.9 Å². The molecule has 1 saturated carbocycles. The number of halogens is 2. The van der Waals surface area contributed by atoms with E-state index in [1.807, 2.05) is 0 Å². The number of benzene rings is 1. The van der Waals surface area contributed by atoms with Gasteiger partial charge in [-0.1, -0.05) is 19.8 Å². The number of esters is 1. The summed E-state index contributed by atoms with van der Waals surface area (Å²) in [6.07, 6.45) is 3.06. The third-order valence-corrected chi connectivity index (χ3v) is 6.14. The molecule has 0 unspecified atom stereocenters. The van der Waals surface area contributed by atoms with Gasteiger partial charge in [-0.15, -0.1) is 0 Å². The summed E-state index contributed by atoms with van der Waals surface area (Å²) in [5.74, 6) is -4.43. The van der Waals surface area contributed by atoms with Gasteiger partial charge in [0.1, 0.15) is 0 Å². The molecule has 2 rings (SSSR count). The van der Waals surface area contributed by atoms with Gasteiger partial charge in [-0.25, -0.2) is 13.2 Å². The SMILES string of the molecule is C[C@@H](OC(=O)c1ccc(S(=O)(=O)C(F)F)cc1)C(=O)N[C@@H]1CCCC[C@@H]1C. The number of sulfone groups is 1. The van der Waals surface area contributed by atoms with Crippen LogP contribution in [-0.2, 0) is 19.4 Å². The van der Waals surface area contributed by atoms with Crippen molar-refractivity contribution < 1.29 is 31.5 Å². The lowest BCUT2D eigenvalue weighted by molar-refractivity contribution is -0.130. The molecule has 1 aromatic carbocycles. The van der Waals surface area contributed by atoms with Crippen molar-refractivity contribution in [1.82, 2.24) is 5.32 Å². The Bertz CT molecular complexity index is 779. The van der Waals surface area contributed by atoms with Crippen LogP contribution >= 0.6 is 0 Å². The third kappa shape index (κ3) is 5.24. The predicted octanol–water partition coefficient (Wildman–Crippen LogP) is 2.92. The standard InChI is InChI=1S/C18H23F2NO5S/c1-11-5-3-4-6-15(11)21-16(22)12(2)26-17(23)13-7-9-14(10-8-13)27(24,25)18(19)20/h7-12,15,18H,3-6H2,1-2H3,(H,21,22)/t11-,12+,15+/m0/s1. The molecule has 1 fully saturated rings. The van der Waals surface area contributed by atoms with E-state index in [2.05, 4.69) is 12.2 Å². The predicted molar refractivity (Wildman–Crippen MR) is 94.1 cm³/mol. The molecule has 0 saturated heterocycles. The maximum atomic E-state index is 12.5. The van der Waals surface area contributed by atoms with Crippen molar-refractivity contribution in [2.75, 3.05) is 0 Å². The van der Waals surface area contributed by atoms with Crippen LogP contribution in [0.25, 0.3) is 0 Å². The van der Waals surface area contributed by atoms with Crippen molar-refractivity contribution in [2.24, 2.45) is 5.92 Å². The first-order valence-corrected chi connectivity index (χ1v) is 10.3. The van der Waals surface area contributed by atoms with Crippen LogP contribution in [0.2, 0.25) is 0 Å². The van der Waals surface area contributed by atoms with Gasteiger partial charge in [0.15, 0.2) is 6.10 Å². The molecule has 3 atom stereocenters. The Morgan fingerprint density at radius 1 is 1.15 bits per heavy atom. The maximum Gasteiger partial charge on any atom is 0.341 e. The lowest BCUT2D eigenvalue weighted by Crippen LogP contribution is -2.45. The van der Waals surface area contributed by atoms with Crippen LogP contribution in [0, 0.1) is 5.92 Å². The molecule has 0 radical (unpaired) electrons. The molecule has 150 valence electrons. The Hall–Kier alpha value is -2.03. The lowest BCUT2D eigenvalue weighted by atomic mass is 9.86. The molecule has 1 aliphatic carbocycles. The summed E-state index contributed by atoms with van der Waals surface area (Å²) in [5, 5.41) is 2.89. The number of ether oxygens (including phenoxy) is 1. The molecular weight excluding hydrogens is 380 g/mol. The van der Waals surface area contributed by atoms with Crippen LogP contribution in [0.1, 0.15) is 49.9 Å². The Kier molecular flexibility index (Phi) is 6.91. The molecule has 0 spiro atoms. The van der Waals surface area contributed by atoms with Crippen LogP contribution in [0.3, 0.4) is 0 Å². The summed E-state index contributed by atoms with van der Waals surface area (Å²) in [6, 6.07) is 4.02. The van der Waals surface area contributed by atoms with E-state index in [9.17, 15) is 26.8 Å². The van der Waals surface area contributed by atoms with E-state index in [0.717, 1.165) is 49.9 Å². The Morgan fingerprint density at radius 3 is 2.30 bits per heavy atom. The van der Waals surface area contributed by atoms with Crippen molar-refractivity contribution in [1.29, 1.82) is 0 Å². The van der Waals surface area contributed by atoms with Gasteiger partial charge in [0, 0.05) is 6.04 Å². The highest BCUT2D eigenvalue weighted by Crippen LogP contribution is 2.24. The molecule has 6 nitrogen and oxygen atoms in total. The van der Waals surface area contributed by atoms with Gasteiger partial charge >= 0.3 is 11.7 Å². The number of hydrogen-bond acceptors (Lipinski definition) is 5. The van der Waals surface area contributed by atoms with Crippen molar-refractivity contribution in [3.05, 3.63) is 29.8 Å². The molecule has 1 amide bonds.